The zero-order valence-corrected chi connectivity index (χ0v) is 12.2. The summed E-state index contributed by atoms with van der Waals surface area (Å²) in [6.07, 6.45) is 2.39. The molecule has 21 heavy (non-hydrogen) atoms. The van der Waals surface area contributed by atoms with Gasteiger partial charge in [0.05, 0.1) is 6.54 Å². The van der Waals surface area contributed by atoms with Gasteiger partial charge in [0.2, 0.25) is 0 Å². The third kappa shape index (κ3) is 2.91. The Balaban J connectivity index is 1.66. The lowest BCUT2D eigenvalue weighted by Crippen LogP contribution is -2.23. The van der Waals surface area contributed by atoms with Gasteiger partial charge in [-0.2, -0.15) is 4.98 Å². The van der Waals surface area contributed by atoms with Crippen LogP contribution in [0.5, 0.6) is 11.8 Å². The summed E-state index contributed by atoms with van der Waals surface area (Å²) < 4.78 is 13.3. The van der Waals surface area contributed by atoms with E-state index in [1.807, 2.05) is 48.9 Å². The monoisotopic (exact) mass is 286 g/mol. The highest BCUT2D eigenvalue weighted by atomic mass is 16.6. The maximum absolute atomic E-state index is 11.7. The summed E-state index contributed by atoms with van der Waals surface area (Å²) in [5, 5.41) is 0. The zero-order chi connectivity index (χ0) is 14.8. The van der Waals surface area contributed by atoms with Crippen LogP contribution in [0.3, 0.4) is 0 Å². The number of aromatic nitrogens is 2. The summed E-state index contributed by atoms with van der Waals surface area (Å²) >= 11 is 0. The van der Waals surface area contributed by atoms with Gasteiger partial charge in [-0.05, 0) is 31.0 Å². The summed E-state index contributed by atoms with van der Waals surface area (Å²) in [6, 6.07) is 8.28. The largest absolute Gasteiger partial charge is 0.490 e. The Kier molecular flexibility index (Phi) is 3.64. The van der Waals surface area contributed by atoms with Gasteiger partial charge in [-0.15, -0.1) is 0 Å². The second-order valence-electron chi connectivity index (χ2n) is 5.23. The smallest absolute Gasteiger partial charge is 0.300 e. The van der Waals surface area contributed by atoms with E-state index in [0.29, 0.717) is 31.1 Å². The summed E-state index contributed by atoms with van der Waals surface area (Å²) in [7, 11) is 0. The molecule has 1 aromatic heterocycles. The Labute approximate surface area is 123 Å². The predicted octanol–water partition coefficient (Wildman–Crippen LogP) is 1.95. The molecule has 0 spiro atoms. The van der Waals surface area contributed by atoms with Crippen LogP contribution in [0.25, 0.3) is 0 Å². The highest BCUT2D eigenvalue weighted by Crippen LogP contribution is 2.19. The quantitative estimate of drug-likeness (QED) is 0.862. The molecule has 2 aromatic rings. The molecule has 0 saturated heterocycles. The van der Waals surface area contributed by atoms with Crippen molar-refractivity contribution >= 4 is 0 Å². The van der Waals surface area contributed by atoms with Crippen molar-refractivity contribution in [2.24, 2.45) is 0 Å². The summed E-state index contributed by atoms with van der Waals surface area (Å²) in [5.74, 6) is 0.825. The summed E-state index contributed by atoms with van der Waals surface area (Å²) in [6.45, 7) is 5.06. The van der Waals surface area contributed by atoms with E-state index < -0.39 is 0 Å². The summed E-state index contributed by atoms with van der Waals surface area (Å²) in [4.78, 5) is 15.7. The fourth-order valence-electron chi connectivity index (χ4n) is 2.38. The average molecular weight is 286 g/mol. The molecule has 1 aromatic carbocycles. The maximum Gasteiger partial charge on any atom is 0.300 e. The third-order valence-electron chi connectivity index (χ3n) is 3.51. The number of rotatable bonds is 4. The number of ether oxygens (including phenoxy) is 2. The lowest BCUT2D eigenvalue weighted by Gasteiger charge is -2.11. The first-order chi connectivity index (χ1) is 10.2. The number of nitrogens with zero attached hydrogens (tertiary/aromatic N) is 2. The Hall–Kier alpha value is -2.30. The SMILES string of the molecule is CCc1cn2c(nc1=O)OC(COc1cccc(C)c1)C2. The minimum Gasteiger partial charge on any atom is -0.490 e. The van der Waals surface area contributed by atoms with E-state index in [2.05, 4.69) is 4.98 Å². The Morgan fingerprint density at radius 2 is 2.33 bits per heavy atom. The molecule has 5 nitrogen and oxygen atoms in total. The molecule has 0 saturated carbocycles. The van der Waals surface area contributed by atoms with Crippen molar-refractivity contribution in [3.63, 3.8) is 0 Å². The number of benzene rings is 1. The van der Waals surface area contributed by atoms with Crippen LogP contribution in [0, 0.1) is 6.92 Å². The molecule has 0 fully saturated rings. The molecule has 110 valence electrons. The number of hydrogen-bond acceptors (Lipinski definition) is 4. The van der Waals surface area contributed by atoms with Crippen LogP contribution in [0.1, 0.15) is 18.1 Å². The lowest BCUT2D eigenvalue weighted by atomic mass is 10.2. The van der Waals surface area contributed by atoms with Gasteiger partial charge in [-0.3, -0.25) is 9.36 Å². The maximum atomic E-state index is 11.7. The molecular weight excluding hydrogens is 268 g/mol. The first kappa shape index (κ1) is 13.7. The molecule has 0 amide bonds. The van der Waals surface area contributed by atoms with Crippen LogP contribution in [-0.2, 0) is 13.0 Å². The molecule has 1 aliphatic heterocycles. The molecular formula is C16H18N2O3. The number of fused-ring (bicyclic) bond motifs is 1. The lowest BCUT2D eigenvalue weighted by molar-refractivity contribution is 0.143. The fourth-order valence-corrected chi connectivity index (χ4v) is 2.38. The molecule has 1 aliphatic rings. The Morgan fingerprint density at radius 3 is 3.10 bits per heavy atom. The minimum atomic E-state index is -0.205. The molecule has 1 atom stereocenters. The highest BCUT2D eigenvalue weighted by Gasteiger charge is 2.24. The van der Waals surface area contributed by atoms with Crippen LogP contribution in [0.15, 0.2) is 35.3 Å². The summed E-state index contributed by atoms with van der Waals surface area (Å²) in [5.41, 5.74) is 1.66. The van der Waals surface area contributed by atoms with Gasteiger partial charge in [-0.25, -0.2) is 0 Å². The topological polar surface area (TPSA) is 53.4 Å². The molecule has 0 radical (unpaired) electrons. The standard InChI is InChI=1S/C16H18N2O3/c1-3-12-8-18-9-14(21-16(18)17-15(12)19)10-20-13-6-4-5-11(2)7-13/h4-8,14H,3,9-10H2,1-2H3. The van der Waals surface area contributed by atoms with E-state index in [1.165, 1.54) is 0 Å². The fraction of sp³-hybridized carbons (Fsp3) is 0.375. The van der Waals surface area contributed by atoms with Crippen LogP contribution in [0.4, 0.5) is 0 Å². The zero-order valence-electron chi connectivity index (χ0n) is 12.2. The van der Waals surface area contributed by atoms with E-state index in [0.717, 1.165) is 11.3 Å². The first-order valence-electron chi connectivity index (χ1n) is 7.12. The van der Waals surface area contributed by atoms with Crippen molar-refractivity contribution in [1.29, 1.82) is 0 Å². The van der Waals surface area contributed by atoms with E-state index in [9.17, 15) is 4.79 Å². The number of aryl methyl sites for hydroxylation is 2. The van der Waals surface area contributed by atoms with Crippen LogP contribution < -0.4 is 15.0 Å². The van der Waals surface area contributed by atoms with Gasteiger partial charge in [0.15, 0.2) is 6.10 Å². The normalized spacial score (nSPS) is 16.4. The first-order valence-corrected chi connectivity index (χ1v) is 7.12. The van der Waals surface area contributed by atoms with Gasteiger partial charge >= 0.3 is 0 Å². The van der Waals surface area contributed by atoms with Crippen molar-refractivity contribution in [2.75, 3.05) is 6.61 Å². The van der Waals surface area contributed by atoms with Gasteiger partial charge in [0.1, 0.15) is 12.4 Å². The molecule has 2 heterocycles. The number of hydrogen-bond donors (Lipinski definition) is 0. The molecule has 5 heteroatoms. The van der Waals surface area contributed by atoms with Gasteiger partial charge in [0, 0.05) is 11.8 Å². The van der Waals surface area contributed by atoms with Crippen LogP contribution in [-0.4, -0.2) is 22.3 Å². The van der Waals surface area contributed by atoms with E-state index in [4.69, 9.17) is 9.47 Å². The van der Waals surface area contributed by atoms with Crippen molar-refractivity contribution in [3.05, 3.63) is 51.9 Å². The minimum absolute atomic E-state index is 0.121. The van der Waals surface area contributed by atoms with Gasteiger partial charge in [-0.1, -0.05) is 19.1 Å². The van der Waals surface area contributed by atoms with Gasteiger partial charge in [0.25, 0.3) is 11.6 Å². The van der Waals surface area contributed by atoms with E-state index in [-0.39, 0.29) is 11.7 Å². The Bertz CT molecular complexity index is 709. The molecule has 0 bridgehead atoms. The molecule has 1 unspecified atom stereocenters. The van der Waals surface area contributed by atoms with Crippen molar-refractivity contribution in [1.82, 2.24) is 9.55 Å². The average Bonchev–Trinajstić information content (AvgIpc) is 2.86. The van der Waals surface area contributed by atoms with E-state index >= 15 is 0 Å². The third-order valence-corrected chi connectivity index (χ3v) is 3.51. The van der Waals surface area contributed by atoms with Crippen LogP contribution >= 0.6 is 0 Å². The molecule has 0 aliphatic carbocycles. The van der Waals surface area contributed by atoms with Crippen molar-refractivity contribution < 1.29 is 9.47 Å². The Morgan fingerprint density at radius 1 is 1.48 bits per heavy atom. The predicted molar refractivity (Wildman–Crippen MR) is 79.0 cm³/mol. The van der Waals surface area contributed by atoms with Gasteiger partial charge < -0.3 is 9.47 Å². The van der Waals surface area contributed by atoms with Crippen molar-refractivity contribution in [2.45, 2.75) is 32.9 Å². The van der Waals surface area contributed by atoms with Crippen molar-refractivity contribution in [3.8, 4) is 11.8 Å². The molecule has 0 N–H and O–H groups in total. The second-order valence-corrected chi connectivity index (χ2v) is 5.23. The van der Waals surface area contributed by atoms with Crippen LogP contribution in [0.2, 0.25) is 0 Å². The molecule has 3 rings (SSSR count). The highest BCUT2D eigenvalue weighted by molar-refractivity contribution is 5.27. The van der Waals surface area contributed by atoms with E-state index in [1.54, 1.807) is 0 Å². The second kappa shape index (κ2) is 5.60.